The highest BCUT2D eigenvalue weighted by molar-refractivity contribution is 7.55. The largest absolute Gasteiger partial charge is 0.497 e. The van der Waals surface area contributed by atoms with Gasteiger partial charge in [-0.2, -0.15) is 10.6 Å². The average Bonchev–Trinajstić information content (AvgIpc) is 2.39. The van der Waals surface area contributed by atoms with Crippen LogP contribution in [0.5, 0.6) is 11.5 Å². The van der Waals surface area contributed by atoms with Crippen LogP contribution in [0, 0.1) is 0 Å². The second kappa shape index (κ2) is 5.70. The zero-order valence-electron chi connectivity index (χ0n) is 9.88. The third-order valence-electron chi connectivity index (χ3n) is 2.36. The first kappa shape index (κ1) is 11.9. The molecule has 0 unspecified atom stereocenters. The SMILES string of the molecule is COc1cccc([P-]c2cccc(OC)c2)c1. The number of benzene rings is 2. The Labute approximate surface area is 103 Å². The van der Waals surface area contributed by atoms with Crippen molar-refractivity contribution in [2.45, 2.75) is 0 Å². The van der Waals surface area contributed by atoms with Crippen molar-refractivity contribution in [1.29, 1.82) is 0 Å². The number of methoxy groups -OCH3 is 2. The van der Waals surface area contributed by atoms with E-state index in [0.29, 0.717) is 0 Å². The molecule has 2 rings (SSSR count). The van der Waals surface area contributed by atoms with Crippen molar-refractivity contribution in [2.24, 2.45) is 0 Å². The first-order valence-electron chi connectivity index (χ1n) is 5.31. The Kier molecular flexibility index (Phi) is 4.00. The molecule has 0 atom stereocenters. The van der Waals surface area contributed by atoms with E-state index in [9.17, 15) is 0 Å². The summed E-state index contributed by atoms with van der Waals surface area (Å²) in [5, 5.41) is 2.41. The zero-order valence-corrected chi connectivity index (χ0v) is 10.8. The second-order valence-electron chi connectivity index (χ2n) is 3.51. The summed E-state index contributed by atoms with van der Waals surface area (Å²) in [7, 11) is 4.52. The van der Waals surface area contributed by atoms with Crippen molar-refractivity contribution in [3.8, 4) is 11.5 Å². The Hall–Kier alpha value is -1.53. The lowest BCUT2D eigenvalue weighted by atomic mass is 10.3. The van der Waals surface area contributed by atoms with Crippen LogP contribution in [-0.4, -0.2) is 14.2 Å². The van der Waals surface area contributed by atoms with Gasteiger partial charge in [0.05, 0.1) is 14.2 Å². The molecule has 3 heteroatoms. The van der Waals surface area contributed by atoms with Crippen LogP contribution in [-0.2, 0) is 0 Å². The Balaban J connectivity index is 2.18. The van der Waals surface area contributed by atoms with Crippen LogP contribution in [0.3, 0.4) is 0 Å². The van der Waals surface area contributed by atoms with Gasteiger partial charge in [0.2, 0.25) is 0 Å². The highest BCUT2D eigenvalue weighted by Gasteiger charge is 1.89. The number of hydrogen-bond acceptors (Lipinski definition) is 2. The number of ether oxygens (including phenoxy) is 2. The fourth-order valence-electron chi connectivity index (χ4n) is 1.51. The van der Waals surface area contributed by atoms with E-state index in [4.69, 9.17) is 9.47 Å². The van der Waals surface area contributed by atoms with Gasteiger partial charge in [0.15, 0.2) is 0 Å². The van der Waals surface area contributed by atoms with E-state index in [0.717, 1.165) is 20.1 Å². The van der Waals surface area contributed by atoms with Gasteiger partial charge in [-0.05, 0) is 24.3 Å². The maximum absolute atomic E-state index is 5.21. The fraction of sp³-hybridized carbons (Fsp3) is 0.143. The molecule has 0 aliphatic rings. The van der Waals surface area contributed by atoms with Gasteiger partial charge in [-0.25, -0.2) is 0 Å². The fourth-order valence-corrected chi connectivity index (χ4v) is 2.51. The first-order chi connectivity index (χ1) is 8.31. The van der Waals surface area contributed by atoms with Crippen LogP contribution < -0.4 is 20.1 Å². The molecule has 88 valence electrons. The van der Waals surface area contributed by atoms with Crippen molar-refractivity contribution in [1.82, 2.24) is 0 Å². The van der Waals surface area contributed by atoms with Gasteiger partial charge < -0.3 is 18.1 Å². The molecule has 0 saturated carbocycles. The van der Waals surface area contributed by atoms with E-state index in [1.54, 1.807) is 14.2 Å². The van der Waals surface area contributed by atoms with Crippen LogP contribution in [0.15, 0.2) is 48.5 Å². The molecular weight excluding hydrogens is 231 g/mol. The van der Waals surface area contributed by atoms with Gasteiger partial charge in [0.25, 0.3) is 0 Å². The topological polar surface area (TPSA) is 18.5 Å². The third-order valence-corrected chi connectivity index (χ3v) is 3.44. The number of hydrogen-bond donors (Lipinski definition) is 0. The van der Waals surface area contributed by atoms with Crippen LogP contribution in [0.1, 0.15) is 0 Å². The van der Waals surface area contributed by atoms with E-state index in [2.05, 4.69) is 12.1 Å². The summed E-state index contributed by atoms with van der Waals surface area (Å²) in [6, 6.07) is 16.2. The summed E-state index contributed by atoms with van der Waals surface area (Å²) >= 11 is 0. The summed E-state index contributed by atoms with van der Waals surface area (Å²) in [4.78, 5) is 0. The maximum atomic E-state index is 5.21. The molecule has 2 aromatic carbocycles. The molecule has 0 aliphatic heterocycles. The van der Waals surface area contributed by atoms with E-state index in [-0.39, 0.29) is 0 Å². The van der Waals surface area contributed by atoms with Gasteiger partial charge in [0, 0.05) is 0 Å². The lowest BCUT2D eigenvalue weighted by Crippen LogP contribution is -2.03. The quantitative estimate of drug-likeness (QED) is 0.771. The molecule has 0 spiro atoms. The van der Waals surface area contributed by atoms with Gasteiger partial charge in [0.1, 0.15) is 11.5 Å². The second-order valence-corrected chi connectivity index (χ2v) is 4.77. The molecule has 0 saturated heterocycles. The minimum absolute atomic E-state index is 0.887. The minimum Gasteiger partial charge on any atom is -0.497 e. The molecule has 0 amide bonds. The van der Waals surface area contributed by atoms with E-state index < -0.39 is 0 Å². The highest BCUT2D eigenvalue weighted by Crippen LogP contribution is 2.17. The van der Waals surface area contributed by atoms with Crippen molar-refractivity contribution in [3.05, 3.63) is 48.5 Å². The summed E-state index contributed by atoms with van der Waals surface area (Å²) in [5.41, 5.74) is 0. The lowest BCUT2D eigenvalue weighted by molar-refractivity contribution is 0.415. The Morgan fingerprint density at radius 3 is 1.65 bits per heavy atom. The maximum Gasteiger partial charge on any atom is 0.116 e. The molecule has 0 aromatic heterocycles. The average molecular weight is 245 g/mol. The smallest absolute Gasteiger partial charge is 0.116 e. The van der Waals surface area contributed by atoms with Crippen molar-refractivity contribution < 1.29 is 9.47 Å². The molecule has 0 aliphatic carbocycles. The monoisotopic (exact) mass is 245 g/mol. The van der Waals surface area contributed by atoms with Gasteiger partial charge in [-0.15, -0.1) is 0 Å². The molecular formula is C14H14O2P-. The Bertz CT molecular complexity index is 452. The molecule has 0 N–H and O–H groups in total. The van der Waals surface area contributed by atoms with E-state index >= 15 is 0 Å². The van der Waals surface area contributed by atoms with E-state index in [1.165, 1.54) is 10.6 Å². The predicted octanol–water partition coefficient (Wildman–Crippen LogP) is 2.60. The molecule has 0 heterocycles. The minimum atomic E-state index is 0.887. The van der Waals surface area contributed by atoms with Crippen LogP contribution in [0.4, 0.5) is 0 Å². The summed E-state index contributed by atoms with van der Waals surface area (Å²) in [6.07, 6.45) is 0. The molecule has 2 nitrogen and oxygen atoms in total. The number of rotatable bonds is 4. The first-order valence-corrected chi connectivity index (χ1v) is 6.21. The Morgan fingerprint density at radius 1 is 0.765 bits per heavy atom. The van der Waals surface area contributed by atoms with Crippen molar-refractivity contribution in [3.63, 3.8) is 0 Å². The summed E-state index contributed by atoms with van der Waals surface area (Å²) in [6.45, 7) is 0. The van der Waals surface area contributed by atoms with Crippen LogP contribution >= 0.6 is 8.58 Å². The summed E-state index contributed by atoms with van der Waals surface area (Å²) < 4.78 is 10.4. The lowest BCUT2D eigenvalue weighted by Gasteiger charge is -2.20. The molecule has 0 radical (unpaired) electrons. The normalized spacial score (nSPS) is 10.0. The Morgan fingerprint density at radius 2 is 1.24 bits per heavy atom. The van der Waals surface area contributed by atoms with E-state index in [1.807, 2.05) is 36.4 Å². The van der Waals surface area contributed by atoms with Crippen molar-refractivity contribution >= 4 is 19.2 Å². The third kappa shape index (κ3) is 3.21. The van der Waals surface area contributed by atoms with Crippen LogP contribution in [0.2, 0.25) is 0 Å². The van der Waals surface area contributed by atoms with Gasteiger partial charge in [-0.3, -0.25) is 0 Å². The molecule has 0 bridgehead atoms. The predicted molar refractivity (Wildman–Crippen MR) is 72.2 cm³/mol. The zero-order chi connectivity index (χ0) is 12.1. The van der Waals surface area contributed by atoms with Crippen molar-refractivity contribution in [2.75, 3.05) is 14.2 Å². The van der Waals surface area contributed by atoms with Gasteiger partial charge in [-0.1, -0.05) is 24.3 Å². The van der Waals surface area contributed by atoms with Gasteiger partial charge >= 0.3 is 0 Å². The summed E-state index contributed by atoms with van der Waals surface area (Å²) in [5.74, 6) is 1.77. The molecule has 0 fully saturated rings. The highest BCUT2D eigenvalue weighted by atomic mass is 31.1. The molecule has 2 aromatic rings. The standard InChI is InChI=1S/C14H14O2P/c1-15-11-5-3-7-13(9-11)17-14-8-4-6-12(10-14)16-2/h3-10H,1-2H3/q-1. The van der Waals surface area contributed by atoms with Crippen LogP contribution in [0.25, 0.3) is 0 Å². The molecule has 17 heavy (non-hydrogen) atoms.